The topological polar surface area (TPSA) is 101 Å². The molecule has 142 valence electrons. The van der Waals surface area contributed by atoms with Gasteiger partial charge in [-0.3, -0.25) is 15.2 Å². The number of carbonyl (C=O) groups is 1. The SMILES string of the molecule is Cc1cc(C(=O)Nc2n[nH]c(CC(C)C)n2)c2cnn(C3CCCC3)c2n1. The van der Waals surface area contributed by atoms with Crippen LogP contribution in [0.25, 0.3) is 11.0 Å². The van der Waals surface area contributed by atoms with Crippen molar-refractivity contribution in [1.82, 2.24) is 29.9 Å². The molecular weight excluding hydrogens is 342 g/mol. The number of nitrogens with one attached hydrogen (secondary N) is 2. The third-order valence-corrected chi connectivity index (χ3v) is 4.97. The number of anilines is 1. The van der Waals surface area contributed by atoms with Gasteiger partial charge in [-0.25, -0.2) is 9.67 Å². The standard InChI is InChI=1S/C19H25N7O/c1-11(2)8-16-22-19(25-24-16)23-18(27)14-9-12(3)21-17-15(14)10-20-26(17)13-6-4-5-7-13/h9-11,13H,4-8H2,1-3H3,(H2,22,23,24,25,27). The van der Waals surface area contributed by atoms with Crippen LogP contribution in [0.4, 0.5) is 5.95 Å². The normalized spacial score (nSPS) is 15.1. The summed E-state index contributed by atoms with van der Waals surface area (Å²) in [4.78, 5) is 21.9. The Labute approximate surface area is 157 Å². The van der Waals surface area contributed by atoms with E-state index in [9.17, 15) is 4.79 Å². The van der Waals surface area contributed by atoms with Gasteiger partial charge in [-0.1, -0.05) is 26.7 Å². The Morgan fingerprint density at radius 1 is 1.33 bits per heavy atom. The van der Waals surface area contributed by atoms with E-state index in [1.807, 2.05) is 11.6 Å². The second kappa shape index (κ2) is 7.09. The fourth-order valence-electron chi connectivity index (χ4n) is 3.75. The van der Waals surface area contributed by atoms with Gasteiger partial charge >= 0.3 is 0 Å². The summed E-state index contributed by atoms with van der Waals surface area (Å²) in [7, 11) is 0. The molecule has 2 N–H and O–H groups in total. The summed E-state index contributed by atoms with van der Waals surface area (Å²) < 4.78 is 1.99. The molecule has 0 aromatic carbocycles. The summed E-state index contributed by atoms with van der Waals surface area (Å²) in [5.74, 6) is 1.28. The third-order valence-electron chi connectivity index (χ3n) is 4.97. The van der Waals surface area contributed by atoms with Gasteiger partial charge in [0.1, 0.15) is 5.82 Å². The maximum Gasteiger partial charge on any atom is 0.258 e. The molecule has 3 heterocycles. The van der Waals surface area contributed by atoms with Crippen molar-refractivity contribution in [2.24, 2.45) is 5.92 Å². The van der Waals surface area contributed by atoms with Crippen molar-refractivity contribution in [2.75, 3.05) is 5.32 Å². The van der Waals surface area contributed by atoms with Crippen LogP contribution in [0.2, 0.25) is 0 Å². The summed E-state index contributed by atoms with van der Waals surface area (Å²) in [5.41, 5.74) is 2.13. The van der Waals surface area contributed by atoms with E-state index in [4.69, 9.17) is 0 Å². The number of hydrogen-bond donors (Lipinski definition) is 2. The molecule has 1 amide bonds. The lowest BCUT2D eigenvalue weighted by atomic mass is 10.1. The zero-order valence-corrected chi connectivity index (χ0v) is 16.0. The molecule has 0 radical (unpaired) electrons. The predicted octanol–water partition coefficient (Wildman–Crippen LogP) is 3.42. The minimum absolute atomic E-state index is 0.244. The number of aryl methyl sites for hydroxylation is 1. The second-order valence-electron chi connectivity index (χ2n) is 7.73. The number of rotatable bonds is 5. The number of H-pyrrole nitrogens is 1. The van der Waals surface area contributed by atoms with E-state index in [0.717, 1.165) is 41.8 Å². The molecule has 4 rings (SSSR count). The lowest BCUT2D eigenvalue weighted by molar-refractivity contribution is 0.102. The molecule has 0 spiro atoms. The molecule has 0 aliphatic heterocycles. The molecular formula is C19H25N7O. The lowest BCUT2D eigenvalue weighted by Gasteiger charge is -2.11. The van der Waals surface area contributed by atoms with Crippen LogP contribution in [0.3, 0.4) is 0 Å². The Morgan fingerprint density at radius 3 is 2.85 bits per heavy atom. The van der Waals surface area contributed by atoms with Crippen LogP contribution in [0.5, 0.6) is 0 Å². The van der Waals surface area contributed by atoms with E-state index >= 15 is 0 Å². The summed E-state index contributed by atoms with van der Waals surface area (Å²) in [6.07, 6.45) is 7.20. The van der Waals surface area contributed by atoms with Crippen molar-refractivity contribution >= 4 is 22.9 Å². The Balaban J connectivity index is 1.62. The monoisotopic (exact) mass is 367 g/mol. The summed E-state index contributed by atoms with van der Waals surface area (Å²) >= 11 is 0. The molecule has 3 aromatic heterocycles. The zero-order chi connectivity index (χ0) is 19.0. The summed E-state index contributed by atoms with van der Waals surface area (Å²) in [6, 6.07) is 2.17. The van der Waals surface area contributed by atoms with Gasteiger partial charge in [0.2, 0.25) is 5.95 Å². The van der Waals surface area contributed by atoms with Crippen molar-refractivity contribution in [3.63, 3.8) is 0 Å². The van der Waals surface area contributed by atoms with Gasteiger partial charge in [-0.2, -0.15) is 10.1 Å². The van der Waals surface area contributed by atoms with E-state index in [1.165, 1.54) is 12.8 Å². The Bertz CT molecular complexity index is 966. The second-order valence-corrected chi connectivity index (χ2v) is 7.73. The van der Waals surface area contributed by atoms with Crippen LogP contribution in [-0.2, 0) is 6.42 Å². The highest BCUT2D eigenvalue weighted by Gasteiger charge is 2.23. The minimum Gasteiger partial charge on any atom is -0.289 e. The first-order chi connectivity index (χ1) is 13.0. The predicted molar refractivity (Wildman–Crippen MR) is 103 cm³/mol. The largest absolute Gasteiger partial charge is 0.289 e. The molecule has 0 unspecified atom stereocenters. The molecule has 8 heteroatoms. The first-order valence-corrected chi connectivity index (χ1v) is 9.58. The van der Waals surface area contributed by atoms with Gasteiger partial charge in [0.25, 0.3) is 5.91 Å². The fourth-order valence-corrected chi connectivity index (χ4v) is 3.75. The smallest absolute Gasteiger partial charge is 0.258 e. The van der Waals surface area contributed by atoms with Crippen LogP contribution in [0.1, 0.15) is 67.4 Å². The van der Waals surface area contributed by atoms with Gasteiger partial charge in [-0.05, 0) is 31.7 Å². The molecule has 1 aliphatic rings. The van der Waals surface area contributed by atoms with Gasteiger partial charge in [-0.15, -0.1) is 5.10 Å². The van der Waals surface area contributed by atoms with Crippen LogP contribution in [0.15, 0.2) is 12.3 Å². The number of pyridine rings is 1. The number of carbonyl (C=O) groups excluding carboxylic acids is 1. The first-order valence-electron chi connectivity index (χ1n) is 9.58. The highest BCUT2D eigenvalue weighted by Crippen LogP contribution is 2.32. The molecule has 1 saturated carbocycles. The number of hydrogen-bond acceptors (Lipinski definition) is 5. The number of fused-ring (bicyclic) bond motifs is 1. The van der Waals surface area contributed by atoms with Gasteiger partial charge in [0.05, 0.1) is 23.2 Å². The van der Waals surface area contributed by atoms with E-state index in [2.05, 4.69) is 44.4 Å². The van der Waals surface area contributed by atoms with Crippen molar-refractivity contribution in [3.05, 3.63) is 29.3 Å². The lowest BCUT2D eigenvalue weighted by Crippen LogP contribution is -2.14. The number of nitrogens with zero attached hydrogens (tertiary/aromatic N) is 5. The minimum atomic E-state index is -0.244. The molecule has 3 aromatic rings. The number of aromatic amines is 1. The van der Waals surface area contributed by atoms with Crippen molar-refractivity contribution in [2.45, 2.75) is 58.9 Å². The van der Waals surface area contributed by atoms with Gasteiger partial charge in [0.15, 0.2) is 5.65 Å². The van der Waals surface area contributed by atoms with Gasteiger partial charge < -0.3 is 0 Å². The molecule has 8 nitrogen and oxygen atoms in total. The van der Waals surface area contributed by atoms with E-state index in [1.54, 1.807) is 12.3 Å². The highest BCUT2D eigenvalue weighted by atomic mass is 16.1. The first kappa shape index (κ1) is 17.6. The molecule has 1 aliphatic carbocycles. The van der Waals surface area contributed by atoms with E-state index in [-0.39, 0.29) is 5.91 Å². The molecule has 0 saturated heterocycles. The molecule has 0 bridgehead atoms. The Kier molecular flexibility index (Phi) is 4.63. The molecule has 27 heavy (non-hydrogen) atoms. The quantitative estimate of drug-likeness (QED) is 0.719. The average Bonchev–Trinajstić information content (AvgIpc) is 3.33. The number of amides is 1. The van der Waals surface area contributed by atoms with Crippen molar-refractivity contribution < 1.29 is 4.79 Å². The summed E-state index contributed by atoms with van der Waals surface area (Å²) in [5, 5.41) is 15.1. The maximum atomic E-state index is 12.9. The van der Waals surface area contributed by atoms with E-state index in [0.29, 0.717) is 23.5 Å². The Hall–Kier alpha value is -2.77. The van der Waals surface area contributed by atoms with E-state index < -0.39 is 0 Å². The third kappa shape index (κ3) is 3.56. The number of aromatic nitrogens is 6. The van der Waals surface area contributed by atoms with Gasteiger partial charge in [0, 0.05) is 12.1 Å². The van der Waals surface area contributed by atoms with Crippen LogP contribution in [0, 0.1) is 12.8 Å². The zero-order valence-electron chi connectivity index (χ0n) is 16.0. The van der Waals surface area contributed by atoms with Crippen molar-refractivity contribution in [3.8, 4) is 0 Å². The Morgan fingerprint density at radius 2 is 2.11 bits per heavy atom. The maximum absolute atomic E-state index is 12.9. The molecule has 1 fully saturated rings. The van der Waals surface area contributed by atoms with Crippen LogP contribution >= 0.6 is 0 Å². The van der Waals surface area contributed by atoms with Crippen LogP contribution < -0.4 is 5.32 Å². The van der Waals surface area contributed by atoms with Crippen molar-refractivity contribution in [1.29, 1.82) is 0 Å². The molecule has 0 atom stereocenters. The average molecular weight is 367 g/mol. The highest BCUT2D eigenvalue weighted by molar-refractivity contribution is 6.11. The van der Waals surface area contributed by atoms with Crippen LogP contribution in [-0.4, -0.2) is 35.9 Å². The summed E-state index contributed by atoms with van der Waals surface area (Å²) in [6.45, 7) is 6.12. The fraction of sp³-hybridized carbons (Fsp3) is 0.526.